The molecule has 1 atom stereocenters. The van der Waals surface area contributed by atoms with Gasteiger partial charge in [-0.2, -0.15) is 4.72 Å². The van der Waals surface area contributed by atoms with Gasteiger partial charge < -0.3 is 9.67 Å². The lowest BCUT2D eigenvalue weighted by molar-refractivity contribution is 0.143. The fourth-order valence-corrected chi connectivity index (χ4v) is 3.49. The first kappa shape index (κ1) is 19.0. The molecule has 0 saturated carbocycles. The van der Waals surface area contributed by atoms with Crippen LogP contribution in [0.15, 0.2) is 24.3 Å². The average molecular weight is 352 g/mol. The van der Waals surface area contributed by atoms with E-state index in [-0.39, 0.29) is 12.0 Å². The molecule has 2 aromatic rings. The van der Waals surface area contributed by atoms with Crippen LogP contribution in [0.3, 0.4) is 0 Å². The number of nitrogens with zero attached hydrogens (tertiary/aromatic N) is 1. The number of hydrogen-bond donors (Lipinski definition) is 2. The maximum atomic E-state index is 11.4. The number of rotatable bonds is 5. The molecule has 24 heavy (non-hydrogen) atoms. The number of benzene rings is 1. The predicted octanol–water partition coefficient (Wildman–Crippen LogP) is 2.93. The number of aromatic nitrogens is 1. The summed E-state index contributed by atoms with van der Waals surface area (Å²) in [5, 5.41) is 11.2. The van der Waals surface area contributed by atoms with E-state index in [0.29, 0.717) is 5.92 Å². The third kappa shape index (κ3) is 4.37. The van der Waals surface area contributed by atoms with Crippen LogP contribution in [0, 0.1) is 0 Å². The highest BCUT2D eigenvalue weighted by Crippen LogP contribution is 2.31. The van der Waals surface area contributed by atoms with Crippen molar-refractivity contribution in [3.05, 3.63) is 35.5 Å². The maximum absolute atomic E-state index is 11.4. The van der Waals surface area contributed by atoms with Crippen LogP contribution in [0.2, 0.25) is 0 Å². The van der Waals surface area contributed by atoms with E-state index in [1.54, 1.807) is 0 Å². The highest BCUT2D eigenvalue weighted by Gasteiger charge is 2.23. The minimum atomic E-state index is -3.46. The van der Waals surface area contributed by atoms with Crippen molar-refractivity contribution in [3.8, 4) is 0 Å². The summed E-state index contributed by atoms with van der Waals surface area (Å²) in [7, 11) is -3.46. The third-order valence-electron chi connectivity index (χ3n) is 4.07. The van der Waals surface area contributed by atoms with Gasteiger partial charge in [-0.15, -0.1) is 0 Å². The molecule has 0 bridgehead atoms. The molecule has 1 heterocycles. The summed E-state index contributed by atoms with van der Waals surface area (Å²) in [6.07, 6.45) is -0.120. The molecule has 5 nitrogen and oxygen atoms in total. The molecular formula is C18H28N2O3S. The first-order valence-electron chi connectivity index (χ1n) is 8.17. The van der Waals surface area contributed by atoms with Crippen molar-refractivity contribution < 1.29 is 13.5 Å². The largest absolute Gasteiger partial charge is 0.376 e. The number of aliphatic hydroxyl groups excluding tert-OH is 1. The number of sulfonamides is 1. The van der Waals surface area contributed by atoms with Gasteiger partial charge in [0.2, 0.25) is 10.0 Å². The van der Waals surface area contributed by atoms with Crippen molar-refractivity contribution in [1.82, 2.24) is 9.29 Å². The Bertz CT molecular complexity index is 830. The molecule has 1 unspecified atom stereocenters. The molecule has 0 aliphatic rings. The predicted molar refractivity (Wildman–Crippen MR) is 98.7 cm³/mol. The summed E-state index contributed by atoms with van der Waals surface area (Å²) < 4.78 is 26.9. The van der Waals surface area contributed by atoms with Crippen LogP contribution in [-0.4, -0.2) is 30.6 Å². The molecule has 6 heteroatoms. The Morgan fingerprint density at radius 2 is 1.83 bits per heavy atom. The van der Waals surface area contributed by atoms with E-state index in [9.17, 15) is 13.5 Å². The van der Waals surface area contributed by atoms with E-state index < -0.39 is 16.3 Å². The van der Waals surface area contributed by atoms with Gasteiger partial charge in [0, 0.05) is 22.0 Å². The monoisotopic (exact) mass is 352 g/mol. The fourth-order valence-electron chi connectivity index (χ4n) is 2.92. The lowest BCUT2D eigenvalue weighted by Gasteiger charge is -2.24. The van der Waals surface area contributed by atoms with Crippen LogP contribution in [0.1, 0.15) is 51.8 Å². The Kier molecular flexibility index (Phi) is 5.14. The van der Waals surface area contributed by atoms with Gasteiger partial charge in [-0.05, 0) is 29.7 Å². The van der Waals surface area contributed by atoms with Crippen molar-refractivity contribution in [1.29, 1.82) is 0 Å². The van der Waals surface area contributed by atoms with Crippen molar-refractivity contribution in [3.63, 3.8) is 0 Å². The summed E-state index contributed by atoms with van der Waals surface area (Å²) in [5.74, 6) is 0.438. The van der Waals surface area contributed by atoms with E-state index in [1.165, 1.54) is 5.56 Å². The average Bonchev–Trinajstić information content (AvgIpc) is 2.74. The van der Waals surface area contributed by atoms with Gasteiger partial charge in [-0.1, -0.05) is 40.7 Å². The van der Waals surface area contributed by atoms with E-state index in [4.69, 9.17) is 0 Å². The molecule has 2 N–H and O–H groups in total. The highest BCUT2D eigenvalue weighted by molar-refractivity contribution is 7.88. The Balaban J connectivity index is 2.53. The van der Waals surface area contributed by atoms with E-state index >= 15 is 0 Å². The lowest BCUT2D eigenvalue weighted by atomic mass is 9.92. The summed E-state index contributed by atoms with van der Waals surface area (Å²) in [6.45, 7) is 10.8. The zero-order chi connectivity index (χ0) is 18.3. The Morgan fingerprint density at radius 1 is 1.21 bits per heavy atom. The zero-order valence-corrected chi connectivity index (χ0v) is 16.1. The second-order valence-electron chi connectivity index (χ2n) is 7.77. The van der Waals surface area contributed by atoms with Crippen LogP contribution < -0.4 is 4.72 Å². The van der Waals surface area contributed by atoms with Crippen molar-refractivity contribution in [2.45, 2.75) is 58.7 Å². The lowest BCUT2D eigenvalue weighted by Crippen LogP contribution is -2.37. The Hall–Kier alpha value is -1.37. The molecule has 0 aliphatic carbocycles. The fraction of sp³-hybridized carbons (Fsp3) is 0.556. The highest BCUT2D eigenvalue weighted by atomic mass is 32.2. The van der Waals surface area contributed by atoms with E-state index in [0.717, 1.165) is 22.9 Å². The topological polar surface area (TPSA) is 71.3 Å². The quantitative estimate of drug-likeness (QED) is 0.813. The molecule has 0 aliphatic heterocycles. The van der Waals surface area contributed by atoms with Crippen molar-refractivity contribution in [2.75, 3.05) is 6.26 Å². The summed E-state index contributed by atoms with van der Waals surface area (Å²) in [4.78, 5) is 0. The number of hydrogen-bond acceptors (Lipinski definition) is 3. The zero-order valence-electron chi connectivity index (χ0n) is 15.3. The summed E-state index contributed by atoms with van der Waals surface area (Å²) in [5.41, 5.74) is 3.20. The molecule has 0 saturated heterocycles. The molecule has 1 aromatic heterocycles. The van der Waals surface area contributed by atoms with Crippen LogP contribution in [0.5, 0.6) is 0 Å². The van der Waals surface area contributed by atoms with E-state index in [1.807, 2.05) is 10.6 Å². The second-order valence-corrected chi connectivity index (χ2v) is 9.55. The first-order valence-corrected chi connectivity index (χ1v) is 10.1. The van der Waals surface area contributed by atoms with Crippen LogP contribution in [-0.2, 0) is 22.0 Å². The number of aliphatic hydroxyl groups is 1. The Labute approximate surface area is 144 Å². The number of nitrogens with one attached hydrogen (secondary N) is 1. The molecule has 0 amide bonds. The molecule has 1 aromatic carbocycles. The Morgan fingerprint density at radius 3 is 2.33 bits per heavy atom. The third-order valence-corrected chi connectivity index (χ3v) is 4.77. The molecule has 2 rings (SSSR count). The van der Waals surface area contributed by atoms with E-state index in [2.05, 4.69) is 57.5 Å². The minimum absolute atomic E-state index is 0.123. The van der Waals surface area contributed by atoms with Crippen molar-refractivity contribution >= 4 is 20.9 Å². The smallest absolute Gasteiger partial charge is 0.210 e. The van der Waals surface area contributed by atoms with Crippen LogP contribution >= 0.6 is 0 Å². The first-order chi connectivity index (χ1) is 10.9. The van der Waals surface area contributed by atoms with Gasteiger partial charge in [0.25, 0.3) is 0 Å². The maximum Gasteiger partial charge on any atom is 0.210 e. The number of fused-ring (bicyclic) bond motifs is 1. The van der Waals surface area contributed by atoms with Gasteiger partial charge in [0.05, 0.1) is 12.8 Å². The second kappa shape index (κ2) is 6.50. The normalized spacial score (nSPS) is 14.5. The minimum Gasteiger partial charge on any atom is -0.376 e. The molecule has 0 spiro atoms. The SMILES string of the molecule is CC(C)c1ccc2c(c1)cc(C(C)(C)C)n2CC(O)NS(C)(=O)=O. The summed E-state index contributed by atoms with van der Waals surface area (Å²) in [6, 6.07) is 8.44. The standard InChI is InChI=1S/C18H28N2O3S/c1-12(2)13-7-8-15-14(9-13)10-16(18(3,4)5)20(15)11-17(21)19-24(6,22)23/h7-10,12,17,19,21H,11H2,1-6H3. The molecule has 0 radical (unpaired) electrons. The van der Waals surface area contributed by atoms with Crippen LogP contribution in [0.25, 0.3) is 10.9 Å². The van der Waals surface area contributed by atoms with Crippen molar-refractivity contribution in [2.24, 2.45) is 0 Å². The molecule has 134 valence electrons. The molecular weight excluding hydrogens is 324 g/mol. The van der Waals surface area contributed by atoms with Crippen LogP contribution in [0.4, 0.5) is 0 Å². The summed E-state index contributed by atoms with van der Waals surface area (Å²) >= 11 is 0. The van der Waals surface area contributed by atoms with Gasteiger partial charge in [-0.3, -0.25) is 0 Å². The molecule has 0 fully saturated rings. The van der Waals surface area contributed by atoms with Gasteiger partial charge in [0.1, 0.15) is 6.23 Å². The van der Waals surface area contributed by atoms with Gasteiger partial charge >= 0.3 is 0 Å². The van der Waals surface area contributed by atoms with Gasteiger partial charge in [-0.25, -0.2) is 8.42 Å². The van der Waals surface area contributed by atoms with Gasteiger partial charge in [0.15, 0.2) is 0 Å².